The van der Waals surface area contributed by atoms with Crippen molar-refractivity contribution in [3.05, 3.63) is 0 Å². The summed E-state index contributed by atoms with van der Waals surface area (Å²) >= 11 is 0. The zero-order valence-corrected chi connectivity index (χ0v) is 5.89. The van der Waals surface area contributed by atoms with Crippen LogP contribution >= 0.6 is 0 Å². The predicted molar refractivity (Wildman–Crippen MR) is 37.7 cm³/mol. The van der Waals surface area contributed by atoms with Gasteiger partial charge in [0.05, 0.1) is 6.10 Å². The lowest BCUT2D eigenvalue weighted by molar-refractivity contribution is 0.109. The third kappa shape index (κ3) is 3.12. The molecule has 0 amide bonds. The van der Waals surface area contributed by atoms with Gasteiger partial charge in [-0.2, -0.15) is 0 Å². The third-order valence-electron chi connectivity index (χ3n) is 1.17. The van der Waals surface area contributed by atoms with Crippen LogP contribution in [-0.2, 0) is 0 Å². The lowest BCUT2D eigenvalue weighted by Gasteiger charge is -2.23. The minimum Gasteiger partial charge on any atom is -0.390 e. The van der Waals surface area contributed by atoms with Crippen molar-refractivity contribution in [2.24, 2.45) is 5.73 Å². The van der Waals surface area contributed by atoms with E-state index in [9.17, 15) is 0 Å². The number of aliphatic hydroxyl groups excluding tert-OH is 1. The second kappa shape index (κ2) is 2.86. The molecular formula is C7H13NO. The molecule has 2 heteroatoms. The summed E-state index contributed by atoms with van der Waals surface area (Å²) in [6.45, 7) is 3.49. The summed E-state index contributed by atoms with van der Waals surface area (Å²) in [7, 11) is 0. The van der Waals surface area contributed by atoms with Gasteiger partial charge in [-0.3, -0.25) is 0 Å². The fraction of sp³-hybridized carbons (Fsp3) is 0.714. The second-order valence-corrected chi connectivity index (χ2v) is 2.75. The first-order valence-electron chi connectivity index (χ1n) is 2.89. The zero-order chi connectivity index (χ0) is 7.49. The number of aliphatic hydroxyl groups is 1. The minimum absolute atomic E-state index is 0.323. The van der Waals surface area contributed by atoms with Gasteiger partial charge in [0, 0.05) is 12.0 Å². The normalized spacial score (nSPS) is 14.6. The van der Waals surface area contributed by atoms with Crippen molar-refractivity contribution in [3.8, 4) is 12.3 Å². The van der Waals surface area contributed by atoms with E-state index in [4.69, 9.17) is 17.3 Å². The number of nitrogens with two attached hydrogens (primary N) is 1. The molecule has 0 spiro atoms. The van der Waals surface area contributed by atoms with Gasteiger partial charge in [0.25, 0.3) is 0 Å². The van der Waals surface area contributed by atoms with Gasteiger partial charge in [-0.1, -0.05) is 0 Å². The van der Waals surface area contributed by atoms with Crippen LogP contribution in [-0.4, -0.2) is 16.7 Å². The molecule has 52 valence electrons. The Morgan fingerprint density at radius 1 is 1.78 bits per heavy atom. The fourth-order valence-electron chi connectivity index (χ4n) is 0.375. The molecule has 0 aromatic heterocycles. The molecule has 0 aliphatic carbocycles. The maximum Gasteiger partial charge on any atom is 0.0823 e. The van der Waals surface area contributed by atoms with Gasteiger partial charge < -0.3 is 10.8 Å². The molecule has 0 fully saturated rings. The van der Waals surface area contributed by atoms with E-state index in [2.05, 4.69) is 5.92 Å². The Morgan fingerprint density at radius 3 is 2.33 bits per heavy atom. The highest BCUT2D eigenvalue weighted by molar-refractivity contribution is 4.93. The first kappa shape index (κ1) is 8.48. The molecule has 1 atom stereocenters. The molecule has 0 bridgehead atoms. The zero-order valence-electron chi connectivity index (χ0n) is 5.89. The monoisotopic (exact) mass is 127 g/mol. The van der Waals surface area contributed by atoms with E-state index in [0.717, 1.165) is 0 Å². The van der Waals surface area contributed by atoms with Gasteiger partial charge >= 0.3 is 0 Å². The van der Waals surface area contributed by atoms with E-state index in [1.807, 2.05) is 0 Å². The molecule has 9 heavy (non-hydrogen) atoms. The van der Waals surface area contributed by atoms with Crippen LogP contribution in [0, 0.1) is 12.3 Å². The van der Waals surface area contributed by atoms with Crippen molar-refractivity contribution in [3.63, 3.8) is 0 Å². The highest BCUT2D eigenvalue weighted by atomic mass is 16.3. The summed E-state index contributed by atoms with van der Waals surface area (Å²) in [5, 5.41) is 9.12. The van der Waals surface area contributed by atoms with E-state index < -0.39 is 11.6 Å². The maximum atomic E-state index is 9.12. The Labute approximate surface area is 56.1 Å². The van der Waals surface area contributed by atoms with E-state index in [1.165, 1.54) is 0 Å². The number of hydrogen-bond acceptors (Lipinski definition) is 2. The summed E-state index contributed by atoms with van der Waals surface area (Å²) in [4.78, 5) is 0. The molecule has 2 nitrogen and oxygen atoms in total. The summed E-state index contributed by atoms with van der Waals surface area (Å²) in [5.41, 5.74) is 4.94. The van der Waals surface area contributed by atoms with E-state index in [1.54, 1.807) is 13.8 Å². The van der Waals surface area contributed by atoms with Crippen molar-refractivity contribution in [2.75, 3.05) is 0 Å². The van der Waals surface area contributed by atoms with Gasteiger partial charge in [0.2, 0.25) is 0 Å². The van der Waals surface area contributed by atoms with Crippen molar-refractivity contribution in [1.82, 2.24) is 0 Å². The summed E-state index contributed by atoms with van der Waals surface area (Å²) in [6.07, 6.45) is 4.69. The average Bonchev–Trinajstić information content (AvgIpc) is 1.64. The largest absolute Gasteiger partial charge is 0.390 e. The lowest BCUT2D eigenvalue weighted by Crippen LogP contribution is -2.44. The minimum atomic E-state index is -0.595. The summed E-state index contributed by atoms with van der Waals surface area (Å²) in [5.74, 6) is 2.34. The van der Waals surface area contributed by atoms with Crippen molar-refractivity contribution in [1.29, 1.82) is 0 Å². The van der Waals surface area contributed by atoms with Crippen LogP contribution < -0.4 is 5.73 Å². The molecule has 0 aromatic rings. The molecule has 0 rings (SSSR count). The Kier molecular flexibility index (Phi) is 2.69. The highest BCUT2D eigenvalue weighted by Gasteiger charge is 2.20. The fourth-order valence-corrected chi connectivity index (χ4v) is 0.375. The Balaban J connectivity index is 3.76. The van der Waals surface area contributed by atoms with Gasteiger partial charge in [-0.15, -0.1) is 12.3 Å². The van der Waals surface area contributed by atoms with Crippen LogP contribution in [0.5, 0.6) is 0 Å². The molecular weight excluding hydrogens is 114 g/mol. The van der Waals surface area contributed by atoms with Gasteiger partial charge in [-0.25, -0.2) is 0 Å². The van der Waals surface area contributed by atoms with Crippen LogP contribution in [0.25, 0.3) is 0 Å². The lowest BCUT2D eigenvalue weighted by atomic mass is 9.97. The Bertz CT molecular complexity index is 118. The van der Waals surface area contributed by atoms with E-state index >= 15 is 0 Å². The number of hydrogen-bond donors (Lipinski definition) is 2. The third-order valence-corrected chi connectivity index (χ3v) is 1.17. The summed E-state index contributed by atoms with van der Waals surface area (Å²) < 4.78 is 0. The smallest absolute Gasteiger partial charge is 0.0823 e. The SMILES string of the molecule is C#CCC(O)C(C)(C)N. The van der Waals surface area contributed by atoms with E-state index in [-0.39, 0.29) is 0 Å². The molecule has 0 aliphatic heterocycles. The Morgan fingerprint density at radius 2 is 2.22 bits per heavy atom. The van der Waals surface area contributed by atoms with Crippen molar-refractivity contribution in [2.45, 2.75) is 31.9 Å². The summed E-state index contributed by atoms with van der Waals surface area (Å²) in [6, 6.07) is 0. The molecule has 0 saturated heterocycles. The van der Waals surface area contributed by atoms with Crippen molar-refractivity contribution >= 4 is 0 Å². The first-order valence-corrected chi connectivity index (χ1v) is 2.89. The molecule has 0 aromatic carbocycles. The van der Waals surface area contributed by atoms with Crippen LogP contribution in [0.4, 0.5) is 0 Å². The predicted octanol–water partition coefficient (Wildman–Crippen LogP) is 0.108. The van der Waals surface area contributed by atoms with Gasteiger partial charge in [0.1, 0.15) is 0 Å². The van der Waals surface area contributed by atoms with Gasteiger partial charge in [-0.05, 0) is 13.8 Å². The van der Waals surface area contributed by atoms with Crippen LogP contribution in [0.15, 0.2) is 0 Å². The number of rotatable bonds is 2. The standard InChI is InChI=1S/C7H13NO/c1-4-5-6(9)7(2,3)8/h1,6,9H,5,8H2,2-3H3. The molecule has 0 radical (unpaired) electrons. The van der Waals surface area contributed by atoms with Crippen LogP contribution in [0.1, 0.15) is 20.3 Å². The number of terminal acetylenes is 1. The molecule has 0 heterocycles. The van der Waals surface area contributed by atoms with Gasteiger partial charge in [0.15, 0.2) is 0 Å². The van der Waals surface area contributed by atoms with Crippen molar-refractivity contribution < 1.29 is 5.11 Å². The second-order valence-electron chi connectivity index (χ2n) is 2.75. The molecule has 0 saturated carbocycles. The highest BCUT2D eigenvalue weighted by Crippen LogP contribution is 2.06. The molecule has 3 N–H and O–H groups in total. The first-order chi connectivity index (χ1) is 3.98. The maximum absolute atomic E-state index is 9.12. The topological polar surface area (TPSA) is 46.2 Å². The Hall–Kier alpha value is -0.520. The van der Waals surface area contributed by atoms with Crippen LogP contribution in [0.3, 0.4) is 0 Å². The quantitative estimate of drug-likeness (QED) is 0.517. The molecule has 1 unspecified atom stereocenters. The van der Waals surface area contributed by atoms with E-state index in [0.29, 0.717) is 6.42 Å². The van der Waals surface area contributed by atoms with Crippen LogP contribution in [0.2, 0.25) is 0 Å². The average molecular weight is 127 g/mol. The molecule has 0 aliphatic rings.